The largest absolute Gasteiger partial charge is 0.493 e. The van der Waals surface area contributed by atoms with Crippen LogP contribution in [0, 0.1) is 12.8 Å². The summed E-state index contributed by atoms with van der Waals surface area (Å²) in [6.45, 7) is 4.32. The molecule has 5 aromatic rings. The van der Waals surface area contributed by atoms with Crippen molar-refractivity contribution < 1.29 is 23.5 Å². The Morgan fingerprint density at radius 1 is 0.909 bits per heavy atom. The van der Waals surface area contributed by atoms with Crippen LogP contribution in [0.25, 0.3) is 11.0 Å². The van der Waals surface area contributed by atoms with Gasteiger partial charge >= 0.3 is 5.97 Å². The summed E-state index contributed by atoms with van der Waals surface area (Å²) in [5.41, 5.74) is 5.40. The third-order valence-corrected chi connectivity index (χ3v) is 8.36. The molecule has 0 amide bonds. The quantitative estimate of drug-likeness (QED) is 0.126. The third kappa shape index (κ3) is 6.67. The number of ether oxygens (including phenoxy) is 2. The van der Waals surface area contributed by atoms with Crippen LogP contribution in [-0.4, -0.2) is 43.5 Å². The predicted octanol–water partition coefficient (Wildman–Crippen LogP) is 7.23. The van der Waals surface area contributed by atoms with Crippen LogP contribution in [0.5, 0.6) is 5.75 Å². The van der Waals surface area contributed by atoms with Crippen LogP contribution >= 0.6 is 0 Å². The van der Waals surface area contributed by atoms with Gasteiger partial charge in [-0.15, -0.1) is 0 Å². The van der Waals surface area contributed by atoms with Crippen molar-refractivity contribution in [2.24, 2.45) is 5.92 Å². The number of carbonyl (C=O) groups excluding carboxylic acids is 2. The maximum atomic E-state index is 13.3. The van der Waals surface area contributed by atoms with E-state index in [-0.39, 0.29) is 18.2 Å². The molecule has 3 aromatic carbocycles. The van der Waals surface area contributed by atoms with Crippen LogP contribution in [0.15, 0.2) is 95.5 Å². The zero-order chi connectivity index (χ0) is 30.5. The van der Waals surface area contributed by atoms with Crippen molar-refractivity contribution in [2.75, 3.05) is 31.7 Å². The molecule has 44 heavy (non-hydrogen) atoms. The Labute approximate surface area is 257 Å². The van der Waals surface area contributed by atoms with Crippen molar-refractivity contribution in [3.8, 4) is 5.75 Å². The molecule has 0 unspecified atom stereocenters. The number of nitrogens with zero attached hydrogens (tertiary/aromatic N) is 2. The number of fused-ring (bicyclic) bond motifs is 1. The number of aryl methyl sites for hydroxylation is 1. The highest BCUT2D eigenvalue weighted by Gasteiger charge is 2.22. The number of hydrogen-bond donors (Lipinski definition) is 0. The van der Waals surface area contributed by atoms with Gasteiger partial charge in [0.25, 0.3) is 0 Å². The van der Waals surface area contributed by atoms with Crippen molar-refractivity contribution in [3.05, 3.63) is 125 Å². The number of piperidine rings is 1. The summed E-state index contributed by atoms with van der Waals surface area (Å²) in [5.74, 6) is 2.01. The highest BCUT2D eigenvalue weighted by atomic mass is 16.5. The number of esters is 1. The Bertz CT molecular complexity index is 1750. The van der Waals surface area contributed by atoms with Gasteiger partial charge in [0.05, 0.1) is 19.3 Å². The Balaban J connectivity index is 1.02. The molecule has 2 aromatic heterocycles. The van der Waals surface area contributed by atoms with Gasteiger partial charge in [-0.3, -0.25) is 4.79 Å². The normalized spacial score (nSPS) is 13.6. The topological polar surface area (TPSA) is 81.9 Å². The smallest absolute Gasteiger partial charge is 0.337 e. The molecule has 6 rings (SSSR count). The lowest BCUT2D eigenvalue weighted by Gasteiger charge is -2.32. The first-order chi connectivity index (χ1) is 21.5. The maximum absolute atomic E-state index is 13.3. The van der Waals surface area contributed by atoms with Gasteiger partial charge in [0.15, 0.2) is 5.76 Å². The van der Waals surface area contributed by atoms with Crippen LogP contribution in [0.3, 0.4) is 0 Å². The fourth-order valence-electron chi connectivity index (χ4n) is 5.82. The first-order valence-corrected chi connectivity index (χ1v) is 15.1. The van der Waals surface area contributed by atoms with E-state index in [1.54, 1.807) is 24.4 Å². The SMILES string of the molecule is COC(=O)c1cccc(OCC2CCN(c3ccc(CC(=O)c4oc5ccc(Cc6ccccc6)cc5c4C)cn3)CC2)c1. The summed E-state index contributed by atoms with van der Waals surface area (Å²) in [6, 6.07) is 27.6. The van der Waals surface area contributed by atoms with Crippen LogP contribution in [-0.2, 0) is 17.6 Å². The lowest BCUT2D eigenvalue weighted by Crippen LogP contribution is -2.36. The minimum absolute atomic E-state index is 0.0456. The Morgan fingerprint density at radius 3 is 2.45 bits per heavy atom. The highest BCUT2D eigenvalue weighted by Crippen LogP contribution is 2.29. The molecule has 0 N–H and O–H groups in total. The fourth-order valence-corrected chi connectivity index (χ4v) is 5.82. The number of furan rings is 1. The van der Waals surface area contributed by atoms with E-state index in [0.717, 1.165) is 60.3 Å². The molecule has 3 heterocycles. The standard InChI is InChI=1S/C37H36N2O5/c1-25-32-20-28(19-26-7-4-3-5-8-26)11-13-34(32)44-36(25)33(40)21-29-12-14-35(38-23-29)39-17-15-27(16-18-39)24-43-31-10-6-9-30(22-31)37(41)42-2/h3-14,20,22-23,27H,15-19,21,24H2,1-2H3. The van der Waals surface area contributed by atoms with E-state index in [1.807, 2.05) is 49.4 Å². The number of aromatic nitrogens is 1. The van der Waals surface area contributed by atoms with Crippen molar-refractivity contribution in [1.82, 2.24) is 4.98 Å². The summed E-state index contributed by atoms with van der Waals surface area (Å²) in [6.07, 6.45) is 4.84. The first-order valence-electron chi connectivity index (χ1n) is 15.1. The minimum atomic E-state index is -0.371. The fraction of sp³-hybridized carbons (Fsp3) is 0.270. The summed E-state index contributed by atoms with van der Waals surface area (Å²) in [5, 5.41) is 0.985. The second kappa shape index (κ2) is 13.2. The van der Waals surface area contributed by atoms with Gasteiger partial charge in [-0.25, -0.2) is 9.78 Å². The van der Waals surface area contributed by atoms with E-state index in [9.17, 15) is 9.59 Å². The number of carbonyl (C=O) groups is 2. The molecule has 1 aliphatic heterocycles. The molecule has 0 radical (unpaired) electrons. The third-order valence-electron chi connectivity index (χ3n) is 8.36. The van der Waals surface area contributed by atoms with E-state index in [1.165, 1.54) is 18.2 Å². The molecule has 0 spiro atoms. The van der Waals surface area contributed by atoms with E-state index < -0.39 is 0 Å². The number of hydrogen-bond acceptors (Lipinski definition) is 7. The molecule has 0 bridgehead atoms. The summed E-state index contributed by atoms with van der Waals surface area (Å²) in [7, 11) is 1.37. The second-order valence-electron chi connectivity index (χ2n) is 11.4. The number of anilines is 1. The van der Waals surface area contributed by atoms with Gasteiger partial charge in [0.1, 0.15) is 17.2 Å². The van der Waals surface area contributed by atoms with E-state index in [2.05, 4.69) is 34.1 Å². The molecule has 7 heteroatoms. The molecule has 0 aliphatic carbocycles. The second-order valence-corrected chi connectivity index (χ2v) is 11.4. The zero-order valence-electron chi connectivity index (χ0n) is 25.1. The average molecular weight is 589 g/mol. The number of benzene rings is 3. The van der Waals surface area contributed by atoms with Gasteiger partial charge in [-0.1, -0.05) is 48.5 Å². The van der Waals surface area contributed by atoms with Crippen molar-refractivity contribution in [1.29, 1.82) is 0 Å². The van der Waals surface area contributed by atoms with Gasteiger partial charge < -0.3 is 18.8 Å². The van der Waals surface area contributed by atoms with Gasteiger partial charge in [0.2, 0.25) is 5.78 Å². The monoisotopic (exact) mass is 588 g/mol. The molecule has 7 nitrogen and oxygen atoms in total. The van der Waals surface area contributed by atoms with Gasteiger partial charge in [-0.05, 0) is 85.2 Å². The number of Topliss-reactive ketones (excluding diaryl/α,β-unsaturated/α-hetero) is 1. The van der Waals surface area contributed by atoms with Gasteiger partial charge in [0, 0.05) is 36.7 Å². The minimum Gasteiger partial charge on any atom is -0.493 e. The maximum Gasteiger partial charge on any atom is 0.337 e. The number of methoxy groups -OCH3 is 1. The Hall–Kier alpha value is -4.91. The lowest BCUT2D eigenvalue weighted by atomic mass is 9.97. The summed E-state index contributed by atoms with van der Waals surface area (Å²) >= 11 is 0. The number of pyridine rings is 1. The molecule has 1 fully saturated rings. The number of rotatable bonds is 10. The van der Waals surface area contributed by atoms with Crippen LogP contribution < -0.4 is 9.64 Å². The molecule has 0 atom stereocenters. The van der Waals surface area contributed by atoms with Crippen molar-refractivity contribution in [3.63, 3.8) is 0 Å². The molecule has 1 saturated heterocycles. The lowest BCUT2D eigenvalue weighted by molar-refractivity contribution is 0.0600. The Kier molecular flexibility index (Phi) is 8.73. The summed E-state index contributed by atoms with van der Waals surface area (Å²) in [4.78, 5) is 32.0. The predicted molar refractivity (Wildman–Crippen MR) is 171 cm³/mol. The van der Waals surface area contributed by atoms with E-state index in [0.29, 0.717) is 29.6 Å². The Morgan fingerprint density at radius 2 is 1.70 bits per heavy atom. The first kappa shape index (κ1) is 29.2. The van der Waals surface area contributed by atoms with E-state index >= 15 is 0 Å². The zero-order valence-corrected chi connectivity index (χ0v) is 25.1. The van der Waals surface area contributed by atoms with Crippen LogP contribution in [0.2, 0.25) is 0 Å². The van der Waals surface area contributed by atoms with Gasteiger partial charge in [-0.2, -0.15) is 0 Å². The molecule has 0 saturated carbocycles. The van der Waals surface area contributed by atoms with Crippen LogP contribution in [0.4, 0.5) is 5.82 Å². The van der Waals surface area contributed by atoms with E-state index in [4.69, 9.17) is 13.9 Å². The molecular weight excluding hydrogens is 552 g/mol. The van der Waals surface area contributed by atoms with Crippen molar-refractivity contribution in [2.45, 2.75) is 32.6 Å². The average Bonchev–Trinajstić information content (AvgIpc) is 3.40. The molecular formula is C37H36N2O5. The number of ketones is 1. The highest BCUT2D eigenvalue weighted by molar-refractivity contribution is 6.01. The molecule has 224 valence electrons. The van der Waals surface area contributed by atoms with Crippen LogP contribution in [0.1, 0.15) is 56.0 Å². The summed E-state index contributed by atoms with van der Waals surface area (Å²) < 4.78 is 16.8. The van der Waals surface area contributed by atoms with Crippen molar-refractivity contribution >= 4 is 28.5 Å². The molecule has 1 aliphatic rings.